The molecule has 0 spiro atoms. The second-order valence-electron chi connectivity index (χ2n) is 6.94. The Morgan fingerprint density at radius 2 is 1.79 bits per heavy atom. The van der Waals surface area contributed by atoms with Gasteiger partial charge in [0.25, 0.3) is 5.91 Å². The summed E-state index contributed by atoms with van der Waals surface area (Å²) in [6, 6.07) is 12.4. The lowest BCUT2D eigenvalue weighted by Gasteiger charge is -2.33. The quantitative estimate of drug-likeness (QED) is 0.941. The van der Waals surface area contributed by atoms with E-state index in [-0.39, 0.29) is 11.9 Å². The maximum atomic E-state index is 13.0. The number of piperidine rings is 1. The summed E-state index contributed by atoms with van der Waals surface area (Å²) in [6.07, 6.45) is 2.00. The fourth-order valence-corrected chi connectivity index (χ4v) is 3.75. The Hall–Kier alpha value is -2.07. The number of likely N-dealkylation sites (tertiary alicyclic amines) is 1. The molecule has 1 fully saturated rings. The van der Waals surface area contributed by atoms with Gasteiger partial charge in [0.2, 0.25) is 0 Å². The zero-order valence-corrected chi connectivity index (χ0v) is 14.8. The van der Waals surface area contributed by atoms with Gasteiger partial charge < -0.3 is 15.2 Å². The number of aryl methyl sites for hydroxylation is 1. The molecular formula is C20H27N3O. The monoisotopic (exact) mass is 325 g/mol. The van der Waals surface area contributed by atoms with Crippen molar-refractivity contribution in [3.8, 4) is 5.69 Å². The summed E-state index contributed by atoms with van der Waals surface area (Å²) in [6.45, 7) is 7.76. The number of aromatic nitrogens is 1. The molecule has 0 saturated carbocycles. The van der Waals surface area contributed by atoms with Gasteiger partial charge in [-0.05, 0) is 57.7 Å². The highest BCUT2D eigenvalue weighted by Crippen LogP contribution is 2.25. The van der Waals surface area contributed by atoms with Crippen molar-refractivity contribution in [2.75, 3.05) is 13.1 Å². The van der Waals surface area contributed by atoms with Crippen LogP contribution in [0.25, 0.3) is 5.69 Å². The van der Waals surface area contributed by atoms with Crippen LogP contribution in [0.2, 0.25) is 0 Å². The zero-order chi connectivity index (χ0) is 17.3. The summed E-state index contributed by atoms with van der Waals surface area (Å²) in [4.78, 5) is 15.0. The number of hydrogen-bond acceptors (Lipinski definition) is 2. The van der Waals surface area contributed by atoms with Crippen molar-refractivity contribution in [1.82, 2.24) is 9.47 Å². The molecule has 1 aliphatic heterocycles. The van der Waals surface area contributed by atoms with Crippen LogP contribution in [0.15, 0.2) is 36.4 Å². The Labute approximate surface area is 144 Å². The molecule has 1 aromatic heterocycles. The Bertz CT molecular complexity index is 710. The molecule has 4 heteroatoms. The van der Waals surface area contributed by atoms with E-state index in [0.29, 0.717) is 5.92 Å². The average molecular weight is 325 g/mol. The molecule has 2 N–H and O–H groups in total. The number of amides is 1. The molecule has 1 amide bonds. The van der Waals surface area contributed by atoms with E-state index in [1.165, 1.54) is 0 Å². The van der Waals surface area contributed by atoms with Crippen LogP contribution in [0.4, 0.5) is 0 Å². The molecule has 2 heterocycles. The van der Waals surface area contributed by atoms with E-state index >= 15 is 0 Å². The van der Waals surface area contributed by atoms with E-state index in [1.54, 1.807) is 0 Å². The van der Waals surface area contributed by atoms with Crippen molar-refractivity contribution < 1.29 is 4.79 Å². The van der Waals surface area contributed by atoms with E-state index < -0.39 is 0 Å². The van der Waals surface area contributed by atoms with E-state index in [0.717, 1.165) is 48.6 Å². The molecule has 4 nitrogen and oxygen atoms in total. The molecule has 1 saturated heterocycles. The lowest BCUT2D eigenvalue weighted by molar-refractivity contribution is 0.0680. The van der Waals surface area contributed by atoms with Gasteiger partial charge >= 0.3 is 0 Å². The third kappa shape index (κ3) is 3.11. The summed E-state index contributed by atoms with van der Waals surface area (Å²) < 4.78 is 2.15. The Morgan fingerprint density at radius 1 is 1.17 bits per heavy atom. The molecule has 24 heavy (non-hydrogen) atoms. The van der Waals surface area contributed by atoms with Crippen LogP contribution in [-0.2, 0) is 0 Å². The highest BCUT2D eigenvalue weighted by Gasteiger charge is 2.27. The minimum absolute atomic E-state index is 0.147. The van der Waals surface area contributed by atoms with Gasteiger partial charge in [-0.15, -0.1) is 0 Å². The number of carbonyl (C=O) groups is 1. The first kappa shape index (κ1) is 16.8. The van der Waals surface area contributed by atoms with E-state index in [9.17, 15) is 4.79 Å². The Morgan fingerprint density at radius 3 is 2.38 bits per heavy atom. The van der Waals surface area contributed by atoms with Crippen molar-refractivity contribution in [2.45, 2.75) is 39.7 Å². The molecule has 0 bridgehead atoms. The predicted molar refractivity (Wildman–Crippen MR) is 97.5 cm³/mol. The van der Waals surface area contributed by atoms with E-state index in [2.05, 4.69) is 30.5 Å². The normalized spacial score (nSPS) is 17.1. The first-order valence-corrected chi connectivity index (χ1v) is 8.78. The third-order valence-electron chi connectivity index (χ3n) is 5.25. The second kappa shape index (κ2) is 6.81. The highest BCUT2D eigenvalue weighted by molar-refractivity contribution is 5.96. The lowest BCUT2D eigenvalue weighted by Crippen LogP contribution is -2.42. The summed E-state index contributed by atoms with van der Waals surface area (Å²) in [5.41, 5.74) is 10.0. The van der Waals surface area contributed by atoms with Crippen LogP contribution in [-0.4, -0.2) is 34.5 Å². The van der Waals surface area contributed by atoms with Gasteiger partial charge in [0, 0.05) is 36.2 Å². The van der Waals surface area contributed by atoms with Crippen molar-refractivity contribution >= 4 is 5.91 Å². The highest BCUT2D eigenvalue weighted by atomic mass is 16.2. The van der Waals surface area contributed by atoms with Gasteiger partial charge in [0.15, 0.2) is 0 Å². The number of para-hydroxylation sites is 1. The van der Waals surface area contributed by atoms with Gasteiger partial charge in [-0.1, -0.05) is 18.2 Å². The van der Waals surface area contributed by atoms with Crippen LogP contribution in [0, 0.1) is 19.8 Å². The smallest absolute Gasteiger partial charge is 0.255 e. The third-order valence-corrected chi connectivity index (χ3v) is 5.25. The lowest BCUT2D eigenvalue weighted by atomic mass is 9.90. The summed E-state index contributed by atoms with van der Waals surface area (Å²) in [7, 11) is 0. The average Bonchev–Trinajstić information content (AvgIpc) is 2.89. The molecule has 3 rings (SSSR count). The number of nitrogens with zero attached hydrogens (tertiary/aromatic N) is 2. The summed E-state index contributed by atoms with van der Waals surface area (Å²) in [5.74, 6) is 0.680. The maximum absolute atomic E-state index is 13.0. The maximum Gasteiger partial charge on any atom is 0.255 e. The molecule has 0 aliphatic carbocycles. The van der Waals surface area contributed by atoms with Crippen LogP contribution < -0.4 is 5.73 Å². The second-order valence-corrected chi connectivity index (χ2v) is 6.94. The van der Waals surface area contributed by atoms with Gasteiger partial charge in [-0.25, -0.2) is 0 Å². The van der Waals surface area contributed by atoms with Gasteiger partial charge in [-0.3, -0.25) is 4.79 Å². The fraction of sp³-hybridized carbons (Fsp3) is 0.450. The number of carbonyl (C=O) groups excluding carboxylic acids is 1. The fourth-order valence-electron chi connectivity index (χ4n) is 3.75. The summed E-state index contributed by atoms with van der Waals surface area (Å²) in [5, 5.41) is 0. The van der Waals surface area contributed by atoms with Gasteiger partial charge in [-0.2, -0.15) is 0 Å². The number of hydrogen-bond donors (Lipinski definition) is 1. The Balaban J connectivity index is 1.82. The van der Waals surface area contributed by atoms with Crippen LogP contribution in [0.1, 0.15) is 41.5 Å². The number of nitrogens with two attached hydrogens (primary N) is 1. The zero-order valence-electron chi connectivity index (χ0n) is 14.8. The molecule has 2 aromatic rings. The Kier molecular flexibility index (Phi) is 4.76. The van der Waals surface area contributed by atoms with Gasteiger partial charge in [0.05, 0.1) is 5.56 Å². The van der Waals surface area contributed by atoms with Gasteiger partial charge in [0.1, 0.15) is 0 Å². The SMILES string of the molecule is Cc1cc(C(=O)N2CCC(C(C)N)CC2)c(C)n1-c1ccccc1. The predicted octanol–water partition coefficient (Wildman–Crippen LogP) is 3.29. The van der Waals surface area contributed by atoms with E-state index in [1.807, 2.05) is 36.1 Å². The topological polar surface area (TPSA) is 51.3 Å². The standard InChI is InChI=1S/C20H27N3O/c1-14-13-19(16(3)23(14)18-7-5-4-6-8-18)20(24)22-11-9-17(10-12-22)15(2)21/h4-8,13,15,17H,9-12,21H2,1-3H3. The summed E-state index contributed by atoms with van der Waals surface area (Å²) >= 11 is 0. The number of rotatable bonds is 3. The molecule has 1 aliphatic rings. The molecule has 128 valence electrons. The van der Waals surface area contributed by atoms with Crippen molar-refractivity contribution in [3.63, 3.8) is 0 Å². The van der Waals surface area contributed by atoms with Crippen molar-refractivity contribution in [1.29, 1.82) is 0 Å². The van der Waals surface area contributed by atoms with Crippen LogP contribution in [0.5, 0.6) is 0 Å². The minimum atomic E-state index is 0.147. The largest absolute Gasteiger partial charge is 0.339 e. The van der Waals surface area contributed by atoms with Crippen LogP contribution in [0.3, 0.4) is 0 Å². The first-order valence-electron chi connectivity index (χ1n) is 8.78. The molecule has 1 unspecified atom stereocenters. The van der Waals surface area contributed by atoms with Crippen LogP contribution >= 0.6 is 0 Å². The van der Waals surface area contributed by atoms with E-state index in [4.69, 9.17) is 5.73 Å². The number of benzene rings is 1. The minimum Gasteiger partial charge on any atom is -0.339 e. The van der Waals surface area contributed by atoms with Crippen molar-refractivity contribution in [3.05, 3.63) is 53.3 Å². The van der Waals surface area contributed by atoms with Crippen molar-refractivity contribution in [2.24, 2.45) is 11.7 Å². The molecular weight excluding hydrogens is 298 g/mol. The first-order chi connectivity index (χ1) is 11.5. The molecule has 1 aromatic carbocycles. The molecule has 1 atom stereocenters. The molecule has 0 radical (unpaired) electrons.